The molecule has 2 heteroatoms. The van der Waals surface area contributed by atoms with Crippen LogP contribution in [0.1, 0.15) is 78.1 Å². The number of hydrogen-bond acceptors (Lipinski definition) is 2. The van der Waals surface area contributed by atoms with Gasteiger partial charge in [-0.05, 0) is 25.7 Å². The molecule has 0 amide bonds. The third kappa shape index (κ3) is 18.2. The fraction of sp³-hybridized carbons (Fsp3) is 0.571. The molecule has 0 atom stereocenters. The number of ether oxygens (including phenoxy) is 1. The van der Waals surface area contributed by atoms with Crippen molar-refractivity contribution in [2.45, 2.75) is 78.1 Å². The van der Waals surface area contributed by atoms with Gasteiger partial charge < -0.3 is 4.74 Å². The van der Waals surface area contributed by atoms with Gasteiger partial charge in [-0.1, -0.05) is 81.4 Å². The zero-order chi connectivity index (χ0) is 17.0. The summed E-state index contributed by atoms with van der Waals surface area (Å²) in [6.45, 7) is 3.87. The molecule has 23 heavy (non-hydrogen) atoms. The van der Waals surface area contributed by atoms with Crippen LogP contribution >= 0.6 is 0 Å². The zero-order valence-electron chi connectivity index (χ0n) is 14.9. The fourth-order valence-electron chi connectivity index (χ4n) is 2.02. The van der Waals surface area contributed by atoms with Gasteiger partial charge in [-0.3, -0.25) is 4.79 Å². The molecule has 0 aromatic carbocycles. The second-order valence-electron chi connectivity index (χ2n) is 5.52. The van der Waals surface area contributed by atoms with Crippen LogP contribution in [0.5, 0.6) is 0 Å². The van der Waals surface area contributed by atoms with Crippen molar-refractivity contribution in [2.24, 2.45) is 0 Å². The molecule has 0 aliphatic heterocycles. The average molecular weight is 316 g/mol. The Morgan fingerprint density at radius 2 is 1.48 bits per heavy atom. The van der Waals surface area contributed by atoms with E-state index in [-0.39, 0.29) is 5.97 Å². The molecule has 0 aromatic rings. The highest BCUT2D eigenvalue weighted by Crippen LogP contribution is 2.08. The van der Waals surface area contributed by atoms with Gasteiger partial charge >= 0.3 is 5.97 Å². The van der Waals surface area contributed by atoms with Gasteiger partial charge in [0.05, 0.1) is 0 Å². The standard InChI is InChI=1S/C21H32O2/c1-3-5-6-7-8-9-10-11-12-13-14-15-16-17-18-19-21(22)23-20-4-2/h7-12H,3,5-6,13-19H2,1-2H3/b8-7+,10-9+,12-11-. The summed E-state index contributed by atoms with van der Waals surface area (Å²) in [6, 6.07) is 0. The van der Waals surface area contributed by atoms with E-state index < -0.39 is 0 Å². The van der Waals surface area contributed by atoms with Crippen LogP contribution < -0.4 is 0 Å². The summed E-state index contributed by atoms with van der Waals surface area (Å²) in [5.74, 6) is 2.33. The highest BCUT2D eigenvalue weighted by atomic mass is 16.5. The molecular weight excluding hydrogens is 284 g/mol. The van der Waals surface area contributed by atoms with Gasteiger partial charge in [-0.15, -0.1) is 0 Å². The zero-order valence-corrected chi connectivity index (χ0v) is 14.9. The Morgan fingerprint density at radius 3 is 2.13 bits per heavy atom. The van der Waals surface area contributed by atoms with Crippen molar-refractivity contribution in [1.29, 1.82) is 0 Å². The van der Waals surface area contributed by atoms with Gasteiger partial charge in [0.1, 0.15) is 6.11 Å². The molecule has 0 saturated carbocycles. The Hall–Kier alpha value is -1.75. The summed E-state index contributed by atoms with van der Waals surface area (Å²) in [7, 11) is 0. The number of carbonyl (C=O) groups excluding carboxylic acids is 1. The molecular formula is C21H32O2. The minimum atomic E-state index is -0.210. The van der Waals surface area contributed by atoms with Crippen molar-refractivity contribution in [3.8, 4) is 12.0 Å². The highest BCUT2D eigenvalue weighted by Gasteiger charge is 2.00. The van der Waals surface area contributed by atoms with Gasteiger partial charge in [-0.25, -0.2) is 0 Å². The third-order valence-electron chi connectivity index (χ3n) is 3.35. The molecule has 0 radical (unpaired) electrons. The van der Waals surface area contributed by atoms with E-state index in [1.54, 1.807) is 6.92 Å². The molecule has 0 bridgehead atoms. The average Bonchev–Trinajstić information content (AvgIpc) is 2.56. The van der Waals surface area contributed by atoms with Crippen molar-refractivity contribution in [2.75, 3.05) is 0 Å². The monoisotopic (exact) mass is 316 g/mol. The van der Waals surface area contributed by atoms with Crippen molar-refractivity contribution < 1.29 is 9.53 Å². The number of carbonyl (C=O) groups is 1. The quantitative estimate of drug-likeness (QED) is 0.178. The Morgan fingerprint density at radius 1 is 0.870 bits per heavy atom. The van der Waals surface area contributed by atoms with Crippen LogP contribution in [-0.2, 0) is 9.53 Å². The summed E-state index contributed by atoms with van der Waals surface area (Å²) < 4.78 is 4.69. The first-order chi connectivity index (χ1) is 11.3. The van der Waals surface area contributed by atoms with E-state index in [2.05, 4.69) is 60.1 Å². The second-order valence-corrected chi connectivity index (χ2v) is 5.52. The minimum absolute atomic E-state index is 0.210. The smallest absolute Gasteiger partial charge is 0.319 e. The first-order valence-corrected chi connectivity index (χ1v) is 8.91. The first-order valence-electron chi connectivity index (χ1n) is 8.91. The van der Waals surface area contributed by atoms with Crippen molar-refractivity contribution in [3.05, 3.63) is 36.5 Å². The van der Waals surface area contributed by atoms with Gasteiger partial charge in [0.2, 0.25) is 0 Å². The first kappa shape index (κ1) is 21.2. The maximum atomic E-state index is 11.2. The third-order valence-corrected chi connectivity index (χ3v) is 3.35. The number of esters is 1. The minimum Gasteiger partial charge on any atom is -0.372 e. The Kier molecular flexibility index (Phi) is 16.9. The van der Waals surface area contributed by atoms with Crippen LogP contribution in [0.2, 0.25) is 0 Å². The maximum absolute atomic E-state index is 11.2. The van der Waals surface area contributed by atoms with Gasteiger partial charge in [0.15, 0.2) is 0 Å². The lowest BCUT2D eigenvalue weighted by molar-refractivity contribution is -0.136. The molecule has 0 rings (SSSR count). The van der Waals surface area contributed by atoms with Crippen molar-refractivity contribution in [1.82, 2.24) is 0 Å². The molecule has 0 fully saturated rings. The van der Waals surface area contributed by atoms with Crippen LogP contribution in [0, 0.1) is 12.0 Å². The van der Waals surface area contributed by atoms with Crippen LogP contribution in [-0.4, -0.2) is 5.97 Å². The Labute approximate surface area is 142 Å². The molecule has 0 heterocycles. The van der Waals surface area contributed by atoms with Crippen LogP contribution in [0.25, 0.3) is 0 Å². The molecule has 0 N–H and O–H groups in total. The molecule has 0 unspecified atom stereocenters. The maximum Gasteiger partial charge on any atom is 0.319 e. The largest absolute Gasteiger partial charge is 0.372 e. The van der Waals surface area contributed by atoms with E-state index in [1.807, 2.05) is 0 Å². The predicted molar refractivity (Wildman–Crippen MR) is 98.8 cm³/mol. The molecule has 2 nitrogen and oxygen atoms in total. The van der Waals surface area contributed by atoms with E-state index in [0.717, 1.165) is 19.3 Å². The summed E-state index contributed by atoms with van der Waals surface area (Å²) in [6.07, 6.45) is 26.1. The van der Waals surface area contributed by atoms with Crippen LogP contribution in [0.15, 0.2) is 36.5 Å². The predicted octanol–water partition coefficient (Wildman–Crippen LogP) is 6.10. The summed E-state index contributed by atoms with van der Waals surface area (Å²) in [5, 5.41) is 0. The van der Waals surface area contributed by atoms with Gasteiger partial charge in [-0.2, -0.15) is 0 Å². The van der Waals surface area contributed by atoms with Crippen LogP contribution in [0.4, 0.5) is 0 Å². The van der Waals surface area contributed by atoms with Crippen LogP contribution in [0.3, 0.4) is 0 Å². The topological polar surface area (TPSA) is 26.3 Å². The SMILES string of the molecule is CC#COC(=O)CCCCCCC\C=C/C=C/C=C/CCCC. The van der Waals surface area contributed by atoms with Crippen molar-refractivity contribution in [3.63, 3.8) is 0 Å². The van der Waals surface area contributed by atoms with E-state index in [0.29, 0.717) is 6.42 Å². The van der Waals surface area contributed by atoms with Gasteiger partial charge in [0.25, 0.3) is 0 Å². The second kappa shape index (κ2) is 18.3. The Bertz CT molecular complexity index is 419. The number of rotatable bonds is 13. The molecule has 0 aliphatic rings. The van der Waals surface area contributed by atoms with Crippen molar-refractivity contribution >= 4 is 5.97 Å². The highest BCUT2D eigenvalue weighted by molar-refractivity contribution is 5.70. The van der Waals surface area contributed by atoms with E-state index >= 15 is 0 Å². The molecule has 128 valence electrons. The summed E-state index contributed by atoms with van der Waals surface area (Å²) in [4.78, 5) is 11.2. The molecule has 0 saturated heterocycles. The molecule has 0 spiro atoms. The van der Waals surface area contributed by atoms with E-state index in [4.69, 9.17) is 0 Å². The molecule has 0 aliphatic carbocycles. The Balaban J connectivity index is 3.36. The summed E-state index contributed by atoms with van der Waals surface area (Å²) >= 11 is 0. The lowest BCUT2D eigenvalue weighted by Crippen LogP contribution is -1.99. The molecule has 0 aromatic heterocycles. The van der Waals surface area contributed by atoms with E-state index in [1.165, 1.54) is 38.5 Å². The van der Waals surface area contributed by atoms with E-state index in [9.17, 15) is 4.79 Å². The fourth-order valence-corrected chi connectivity index (χ4v) is 2.02. The lowest BCUT2D eigenvalue weighted by Gasteiger charge is -1.99. The number of hydrogen-bond donors (Lipinski definition) is 0. The number of unbranched alkanes of at least 4 members (excludes halogenated alkanes) is 7. The normalized spacial score (nSPS) is 11.2. The number of allylic oxidation sites excluding steroid dienone is 6. The van der Waals surface area contributed by atoms with Gasteiger partial charge in [0, 0.05) is 13.3 Å². The summed E-state index contributed by atoms with van der Waals surface area (Å²) in [5.41, 5.74) is 0. The lowest BCUT2D eigenvalue weighted by atomic mass is 10.1.